The Morgan fingerprint density at radius 1 is 1.23 bits per heavy atom. The summed E-state index contributed by atoms with van der Waals surface area (Å²) in [5.74, 6) is 2.17. The largest absolute Gasteiger partial charge is 0.493 e. The van der Waals surface area contributed by atoms with Crippen molar-refractivity contribution in [3.05, 3.63) is 52.9 Å². The third kappa shape index (κ3) is 4.26. The van der Waals surface area contributed by atoms with Gasteiger partial charge in [0.25, 0.3) is 0 Å². The third-order valence-electron chi connectivity index (χ3n) is 3.88. The average Bonchev–Trinajstić information content (AvgIpc) is 3.03. The van der Waals surface area contributed by atoms with Gasteiger partial charge >= 0.3 is 0 Å². The number of halogens is 1. The fourth-order valence-corrected chi connectivity index (χ4v) is 3.00. The average molecular weight is 375 g/mol. The summed E-state index contributed by atoms with van der Waals surface area (Å²) in [4.78, 5) is 0. The van der Waals surface area contributed by atoms with Crippen LogP contribution >= 0.6 is 11.6 Å². The van der Waals surface area contributed by atoms with Crippen molar-refractivity contribution < 1.29 is 9.47 Å². The number of methoxy groups -OCH3 is 1. The molecular formula is C19H23ClN4O2. The molecule has 0 amide bonds. The van der Waals surface area contributed by atoms with Crippen LogP contribution in [0.15, 0.2) is 36.5 Å². The lowest BCUT2D eigenvalue weighted by Crippen LogP contribution is -2.18. The zero-order valence-corrected chi connectivity index (χ0v) is 16.0. The number of ether oxygens (including phenoxy) is 2. The second-order valence-electron chi connectivity index (χ2n) is 6.25. The van der Waals surface area contributed by atoms with Crippen molar-refractivity contribution in [2.75, 3.05) is 13.7 Å². The fourth-order valence-electron chi connectivity index (χ4n) is 2.72. The van der Waals surface area contributed by atoms with Crippen LogP contribution in [0.25, 0.3) is 5.65 Å². The van der Waals surface area contributed by atoms with Crippen molar-refractivity contribution in [1.29, 1.82) is 0 Å². The fraction of sp³-hybridized carbons (Fsp3) is 0.368. The van der Waals surface area contributed by atoms with E-state index in [1.807, 2.05) is 54.8 Å². The first-order valence-corrected chi connectivity index (χ1v) is 8.98. The molecule has 1 aromatic carbocycles. The minimum Gasteiger partial charge on any atom is -0.493 e. The zero-order valence-electron chi connectivity index (χ0n) is 15.2. The van der Waals surface area contributed by atoms with Gasteiger partial charge in [-0.15, -0.1) is 10.2 Å². The Bertz CT molecular complexity index is 879. The Morgan fingerprint density at radius 2 is 2.08 bits per heavy atom. The number of nitrogens with one attached hydrogen (secondary N) is 1. The van der Waals surface area contributed by atoms with Crippen LogP contribution < -0.4 is 14.8 Å². The van der Waals surface area contributed by atoms with Crippen LogP contribution in [0, 0.1) is 0 Å². The van der Waals surface area contributed by atoms with Crippen molar-refractivity contribution in [2.24, 2.45) is 0 Å². The van der Waals surface area contributed by atoms with E-state index >= 15 is 0 Å². The molecule has 1 N–H and O–H groups in total. The molecule has 7 heteroatoms. The van der Waals surface area contributed by atoms with Gasteiger partial charge in [-0.1, -0.05) is 17.7 Å². The maximum absolute atomic E-state index is 6.36. The Kier molecular flexibility index (Phi) is 5.96. The van der Waals surface area contributed by atoms with Crippen LogP contribution in [0.5, 0.6) is 11.5 Å². The van der Waals surface area contributed by atoms with E-state index in [1.54, 1.807) is 7.11 Å². The maximum atomic E-state index is 6.36. The summed E-state index contributed by atoms with van der Waals surface area (Å²) in [5.41, 5.74) is 1.90. The number of hydrogen-bond donors (Lipinski definition) is 1. The molecule has 0 unspecified atom stereocenters. The lowest BCUT2D eigenvalue weighted by molar-refractivity contribution is 0.230. The van der Waals surface area contributed by atoms with Gasteiger partial charge in [-0.3, -0.25) is 4.40 Å². The van der Waals surface area contributed by atoms with Gasteiger partial charge in [-0.05, 0) is 43.7 Å². The standard InChI is InChI=1S/C19H23ClN4O2/c1-13(2)26-19-15(20)10-14(11-16(19)25-3)12-21-8-7-18-23-22-17-6-4-5-9-24(17)18/h4-6,9-11,13,21H,7-8,12H2,1-3H3. The third-order valence-corrected chi connectivity index (χ3v) is 4.16. The Balaban J connectivity index is 1.60. The van der Waals surface area contributed by atoms with E-state index in [4.69, 9.17) is 21.1 Å². The molecule has 0 radical (unpaired) electrons. The quantitative estimate of drug-likeness (QED) is 0.611. The summed E-state index contributed by atoms with van der Waals surface area (Å²) < 4.78 is 13.2. The summed E-state index contributed by atoms with van der Waals surface area (Å²) in [6, 6.07) is 9.72. The zero-order chi connectivity index (χ0) is 18.5. The number of aromatic nitrogens is 3. The van der Waals surface area contributed by atoms with Gasteiger partial charge in [-0.25, -0.2) is 0 Å². The normalized spacial score (nSPS) is 11.3. The predicted octanol–water partition coefficient (Wildman–Crippen LogP) is 3.51. The highest BCUT2D eigenvalue weighted by Gasteiger charge is 2.13. The van der Waals surface area contributed by atoms with Crippen LogP contribution in [0.1, 0.15) is 25.2 Å². The van der Waals surface area contributed by atoms with Gasteiger partial charge in [0.05, 0.1) is 18.2 Å². The molecule has 0 fully saturated rings. The molecule has 0 spiro atoms. The number of hydrogen-bond acceptors (Lipinski definition) is 5. The highest BCUT2D eigenvalue weighted by Crippen LogP contribution is 2.37. The summed E-state index contributed by atoms with van der Waals surface area (Å²) in [6.07, 6.45) is 2.79. The van der Waals surface area contributed by atoms with Crippen molar-refractivity contribution in [3.8, 4) is 11.5 Å². The van der Waals surface area contributed by atoms with Crippen LogP contribution in [-0.4, -0.2) is 34.4 Å². The molecule has 0 bridgehead atoms. The second-order valence-corrected chi connectivity index (χ2v) is 6.65. The van der Waals surface area contributed by atoms with E-state index in [2.05, 4.69) is 15.5 Å². The van der Waals surface area contributed by atoms with E-state index < -0.39 is 0 Å². The molecule has 2 heterocycles. The van der Waals surface area contributed by atoms with Gasteiger partial charge in [0.1, 0.15) is 5.82 Å². The first kappa shape index (κ1) is 18.5. The van der Waals surface area contributed by atoms with E-state index in [-0.39, 0.29) is 6.10 Å². The summed E-state index contributed by atoms with van der Waals surface area (Å²) in [5, 5.41) is 12.4. The van der Waals surface area contributed by atoms with Crippen LogP contribution in [-0.2, 0) is 13.0 Å². The lowest BCUT2D eigenvalue weighted by Gasteiger charge is -2.16. The Hall–Kier alpha value is -2.31. The molecule has 3 rings (SSSR count). The SMILES string of the molecule is COc1cc(CNCCc2nnc3ccccn23)cc(Cl)c1OC(C)C. The Morgan fingerprint density at radius 3 is 2.85 bits per heavy atom. The molecule has 0 aliphatic carbocycles. The monoisotopic (exact) mass is 374 g/mol. The lowest BCUT2D eigenvalue weighted by atomic mass is 10.2. The number of fused-ring (bicyclic) bond motifs is 1. The number of pyridine rings is 1. The van der Waals surface area contributed by atoms with E-state index in [1.165, 1.54) is 0 Å². The number of rotatable bonds is 8. The molecule has 0 aliphatic rings. The van der Waals surface area contributed by atoms with E-state index in [0.29, 0.717) is 23.1 Å². The number of benzene rings is 1. The molecular weight excluding hydrogens is 352 g/mol. The van der Waals surface area contributed by atoms with Crippen LogP contribution in [0.3, 0.4) is 0 Å². The second kappa shape index (κ2) is 8.38. The molecule has 0 saturated heterocycles. The van der Waals surface area contributed by atoms with E-state index in [9.17, 15) is 0 Å². The molecule has 0 atom stereocenters. The van der Waals surface area contributed by atoms with Gasteiger partial charge in [0, 0.05) is 25.7 Å². The summed E-state index contributed by atoms with van der Waals surface area (Å²) in [7, 11) is 1.62. The number of nitrogens with zero attached hydrogens (tertiary/aromatic N) is 3. The highest BCUT2D eigenvalue weighted by atomic mass is 35.5. The Labute approximate surface area is 158 Å². The van der Waals surface area contributed by atoms with Crippen molar-refractivity contribution >= 4 is 17.2 Å². The summed E-state index contributed by atoms with van der Waals surface area (Å²) >= 11 is 6.36. The van der Waals surface area contributed by atoms with Gasteiger partial charge in [0.15, 0.2) is 17.1 Å². The van der Waals surface area contributed by atoms with Crippen molar-refractivity contribution in [2.45, 2.75) is 32.9 Å². The minimum absolute atomic E-state index is 0.0309. The molecule has 6 nitrogen and oxygen atoms in total. The van der Waals surface area contributed by atoms with Gasteiger partial charge in [0.2, 0.25) is 0 Å². The smallest absolute Gasteiger partial charge is 0.180 e. The molecule has 26 heavy (non-hydrogen) atoms. The molecule has 0 saturated carbocycles. The summed E-state index contributed by atoms with van der Waals surface area (Å²) in [6.45, 7) is 5.37. The van der Waals surface area contributed by atoms with Crippen LogP contribution in [0.2, 0.25) is 5.02 Å². The molecule has 3 aromatic rings. The molecule has 2 aromatic heterocycles. The predicted molar refractivity (Wildman–Crippen MR) is 102 cm³/mol. The van der Waals surface area contributed by atoms with E-state index in [0.717, 1.165) is 30.0 Å². The van der Waals surface area contributed by atoms with Crippen molar-refractivity contribution in [3.63, 3.8) is 0 Å². The minimum atomic E-state index is 0.0309. The topological polar surface area (TPSA) is 60.7 Å². The van der Waals surface area contributed by atoms with Crippen molar-refractivity contribution in [1.82, 2.24) is 19.9 Å². The molecule has 138 valence electrons. The maximum Gasteiger partial charge on any atom is 0.180 e. The highest BCUT2D eigenvalue weighted by molar-refractivity contribution is 6.32. The molecule has 0 aliphatic heterocycles. The van der Waals surface area contributed by atoms with Gasteiger partial charge < -0.3 is 14.8 Å². The van der Waals surface area contributed by atoms with Crippen LogP contribution in [0.4, 0.5) is 0 Å². The first-order valence-electron chi connectivity index (χ1n) is 8.61. The first-order chi connectivity index (χ1) is 12.6. The van der Waals surface area contributed by atoms with Gasteiger partial charge in [-0.2, -0.15) is 0 Å².